The minimum Gasteiger partial charge on any atom is -0.450 e. The van der Waals surface area contributed by atoms with Crippen molar-refractivity contribution in [2.45, 2.75) is 52.1 Å². The van der Waals surface area contributed by atoms with E-state index in [0.29, 0.717) is 0 Å². The van der Waals surface area contributed by atoms with Crippen molar-refractivity contribution in [2.75, 3.05) is 0 Å². The third-order valence-corrected chi connectivity index (χ3v) is 3.40. The number of hydrogen-bond donors (Lipinski definition) is 0. The smallest absolute Gasteiger partial charge is 0.418 e. The van der Waals surface area contributed by atoms with Gasteiger partial charge in [0.25, 0.3) is 0 Å². The summed E-state index contributed by atoms with van der Waals surface area (Å²) in [6, 6.07) is 0. The molecule has 12 heavy (non-hydrogen) atoms. The number of rotatable bonds is 2. The van der Waals surface area contributed by atoms with E-state index < -0.39 is 0 Å². The van der Waals surface area contributed by atoms with E-state index in [1.807, 2.05) is 6.92 Å². The van der Waals surface area contributed by atoms with Gasteiger partial charge in [-0.05, 0) is 26.2 Å². The fraction of sp³-hybridized carbons (Fsp3) is 0.900. The Morgan fingerprint density at radius 3 is 2.25 bits per heavy atom. The molecule has 0 aromatic carbocycles. The average molecular weight is 169 g/mol. The topological polar surface area (TPSA) is 26.3 Å². The van der Waals surface area contributed by atoms with Crippen LogP contribution < -0.4 is 0 Å². The van der Waals surface area contributed by atoms with Crippen molar-refractivity contribution in [3.63, 3.8) is 0 Å². The Morgan fingerprint density at radius 1 is 1.17 bits per heavy atom. The largest absolute Gasteiger partial charge is 0.450 e. The van der Waals surface area contributed by atoms with Crippen LogP contribution in [0.25, 0.3) is 0 Å². The van der Waals surface area contributed by atoms with Crippen LogP contribution in [0.4, 0.5) is 0 Å². The maximum absolute atomic E-state index is 10.2. The van der Waals surface area contributed by atoms with Crippen LogP contribution >= 0.6 is 0 Å². The van der Waals surface area contributed by atoms with E-state index in [1.165, 1.54) is 6.42 Å². The Morgan fingerprint density at radius 2 is 1.75 bits per heavy atom. The highest BCUT2D eigenvalue weighted by Gasteiger charge is 2.44. The van der Waals surface area contributed by atoms with E-state index in [-0.39, 0.29) is 11.0 Å². The molecule has 1 aliphatic rings. The van der Waals surface area contributed by atoms with Crippen LogP contribution in [-0.4, -0.2) is 12.1 Å². The zero-order valence-corrected chi connectivity index (χ0v) is 8.14. The molecular weight excluding hydrogens is 152 g/mol. The third-order valence-electron chi connectivity index (χ3n) is 3.40. The number of hydrogen-bond acceptors (Lipinski definition) is 2. The van der Waals surface area contributed by atoms with Crippen LogP contribution in [0.15, 0.2) is 0 Å². The highest BCUT2D eigenvalue weighted by molar-refractivity contribution is 5.40. The molecule has 2 heteroatoms. The average Bonchev–Trinajstić information content (AvgIpc) is 1.96. The summed E-state index contributed by atoms with van der Waals surface area (Å²) in [5.74, 6) is 0. The molecular formula is C10H17O2. The van der Waals surface area contributed by atoms with E-state index in [4.69, 9.17) is 4.74 Å². The lowest BCUT2D eigenvalue weighted by Crippen LogP contribution is -2.46. The molecule has 1 fully saturated rings. The maximum atomic E-state index is 10.2. The molecule has 1 saturated carbocycles. The van der Waals surface area contributed by atoms with E-state index in [2.05, 4.69) is 13.8 Å². The Bertz CT molecular complexity index is 175. The van der Waals surface area contributed by atoms with E-state index in [9.17, 15) is 4.79 Å². The van der Waals surface area contributed by atoms with Crippen LogP contribution in [0.2, 0.25) is 0 Å². The standard InChI is InChI=1S/C10H17O2/c1-9(2)6-4-5-7-10(9,3)12-8-11/h4-7H2,1-3H3. The van der Waals surface area contributed by atoms with Crippen molar-refractivity contribution in [2.24, 2.45) is 5.41 Å². The first-order chi connectivity index (χ1) is 5.52. The van der Waals surface area contributed by atoms with Crippen LogP contribution in [0.1, 0.15) is 46.5 Å². The summed E-state index contributed by atoms with van der Waals surface area (Å²) in [5.41, 5.74) is -0.199. The molecule has 2 nitrogen and oxygen atoms in total. The lowest BCUT2D eigenvalue weighted by atomic mass is 9.66. The van der Waals surface area contributed by atoms with E-state index in [0.717, 1.165) is 19.3 Å². The predicted molar refractivity (Wildman–Crippen MR) is 47.4 cm³/mol. The molecule has 0 N–H and O–H groups in total. The quantitative estimate of drug-likeness (QED) is 0.634. The van der Waals surface area contributed by atoms with Crippen molar-refractivity contribution in [3.05, 3.63) is 0 Å². The minimum absolute atomic E-state index is 0.0999. The predicted octanol–water partition coefficient (Wildman–Crippen LogP) is 2.43. The molecule has 0 aliphatic heterocycles. The third kappa shape index (κ3) is 1.47. The molecule has 0 saturated heterocycles. The molecule has 0 aromatic heterocycles. The molecule has 0 amide bonds. The van der Waals surface area contributed by atoms with Crippen LogP contribution in [0, 0.1) is 5.41 Å². The summed E-state index contributed by atoms with van der Waals surface area (Å²) in [6.07, 6.45) is 4.49. The molecule has 69 valence electrons. The zero-order chi connectivity index (χ0) is 9.24. The summed E-state index contributed by atoms with van der Waals surface area (Å²) in [5, 5.41) is 0. The van der Waals surface area contributed by atoms with Gasteiger partial charge < -0.3 is 4.74 Å². The second-order valence-corrected chi connectivity index (χ2v) is 4.51. The van der Waals surface area contributed by atoms with Gasteiger partial charge in [0.15, 0.2) is 0 Å². The van der Waals surface area contributed by atoms with Gasteiger partial charge >= 0.3 is 6.47 Å². The highest BCUT2D eigenvalue weighted by Crippen LogP contribution is 2.45. The number of ether oxygens (including phenoxy) is 1. The molecule has 0 bridgehead atoms. The van der Waals surface area contributed by atoms with Gasteiger partial charge in [-0.3, -0.25) is 0 Å². The number of carbonyl (C=O) groups excluding carboxylic acids is 1. The van der Waals surface area contributed by atoms with Crippen LogP contribution in [0.3, 0.4) is 0 Å². The summed E-state index contributed by atoms with van der Waals surface area (Å²) in [4.78, 5) is 10.2. The molecule has 1 unspecified atom stereocenters. The fourth-order valence-corrected chi connectivity index (χ4v) is 1.91. The van der Waals surface area contributed by atoms with Crippen molar-refractivity contribution in [3.8, 4) is 0 Å². The summed E-state index contributed by atoms with van der Waals surface area (Å²) >= 11 is 0. The molecule has 0 spiro atoms. The Hall–Kier alpha value is -0.530. The van der Waals surface area contributed by atoms with Crippen molar-refractivity contribution in [1.82, 2.24) is 0 Å². The molecule has 0 heterocycles. The maximum Gasteiger partial charge on any atom is 0.418 e. The Kier molecular flexibility index (Phi) is 2.45. The van der Waals surface area contributed by atoms with Gasteiger partial charge in [0.05, 0.1) is 0 Å². The molecule has 1 radical (unpaired) electrons. The minimum atomic E-state index is -0.299. The second kappa shape index (κ2) is 3.08. The van der Waals surface area contributed by atoms with Gasteiger partial charge in [-0.25, -0.2) is 4.79 Å². The summed E-state index contributed by atoms with van der Waals surface area (Å²) < 4.78 is 5.08. The molecule has 1 atom stereocenters. The Labute approximate surface area is 74.3 Å². The normalized spacial score (nSPS) is 34.2. The van der Waals surface area contributed by atoms with E-state index in [1.54, 1.807) is 6.47 Å². The van der Waals surface area contributed by atoms with Gasteiger partial charge in [-0.1, -0.05) is 20.3 Å². The Balaban J connectivity index is 2.76. The SMILES string of the molecule is CC1(C)CCCCC1(C)O[C]=O. The van der Waals surface area contributed by atoms with Gasteiger partial charge in [-0.2, -0.15) is 0 Å². The first kappa shape index (κ1) is 9.56. The van der Waals surface area contributed by atoms with Crippen LogP contribution in [-0.2, 0) is 9.53 Å². The van der Waals surface area contributed by atoms with Crippen LogP contribution in [0.5, 0.6) is 0 Å². The molecule has 1 aliphatic carbocycles. The fourth-order valence-electron chi connectivity index (χ4n) is 1.91. The highest BCUT2D eigenvalue weighted by atomic mass is 16.5. The van der Waals surface area contributed by atoms with Crippen molar-refractivity contribution >= 4 is 6.47 Å². The molecule has 0 aromatic rings. The summed E-state index contributed by atoms with van der Waals surface area (Å²) in [7, 11) is 0. The second-order valence-electron chi connectivity index (χ2n) is 4.51. The van der Waals surface area contributed by atoms with Gasteiger partial charge in [-0.15, -0.1) is 0 Å². The molecule has 1 rings (SSSR count). The lowest BCUT2D eigenvalue weighted by molar-refractivity contribution is -0.0703. The van der Waals surface area contributed by atoms with Gasteiger partial charge in [0.2, 0.25) is 0 Å². The summed E-state index contributed by atoms with van der Waals surface area (Å²) in [6.45, 7) is 7.91. The van der Waals surface area contributed by atoms with Gasteiger partial charge in [0.1, 0.15) is 5.60 Å². The monoisotopic (exact) mass is 169 g/mol. The lowest BCUT2D eigenvalue weighted by Gasteiger charge is -2.45. The van der Waals surface area contributed by atoms with Crippen molar-refractivity contribution < 1.29 is 9.53 Å². The van der Waals surface area contributed by atoms with Gasteiger partial charge in [0, 0.05) is 5.41 Å². The first-order valence-electron chi connectivity index (χ1n) is 4.57. The van der Waals surface area contributed by atoms with E-state index >= 15 is 0 Å². The van der Waals surface area contributed by atoms with Crippen molar-refractivity contribution in [1.29, 1.82) is 0 Å². The zero-order valence-electron chi connectivity index (χ0n) is 8.14. The first-order valence-corrected chi connectivity index (χ1v) is 4.57.